The van der Waals surface area contributed by atoms with Crippen molar-refractivity contribution in [1.82, 2.24) is 0 Å². The molecule has 0 bridgehead atoms. The molecule has 0 fully saturated rings. The topological polar surface area (TPSA) is 69.2 Å². The first kappa shape index (κ1) is 24.8. The number of hydrogen-bond donors (Lipinski definition) is 0. The third-order valence-corrected chi connectivity index (χ3v) is 2.89. The molecule has 0 spiro atoms. The normalized spacial score (nSPS) is 11.8. The van der Waals surface area contributed by atoms with Crippen molar-refractivity contribution in [2.45, 2.75) is 0 Å². The van der Waals surface area contributed by atoms with Crippen LogP contribution in [0.15, 0.2) is 25.3 Å². The summed E-state index contributed by atoms with van der Waals surface area (Å²) < 4.78 is 0. The van der Waals surface area contributed by atoms with Gasteiger partial charge in [0.2, 0.25) is 0 Å². The van der Waals surface area contributed by atoms with Crippen LogP contribution in [0, 0.1) is 0 Å². The molecule has 0 atom stereocenters. The molecule has 0 aromatic carbocycles. The number of allylic oxidation sites excluding steroid dienone is 2. The summed E-state index contributed by atoms with van der Waals surface area (Å²) >= 11 is 0. The van der Waals surface area contributed by atoms with Crippen LogP contribution >= 0.6 is 7.28 Å². The van der Waals surface area contributed by atoms with Crippen LogP contribution < -0.4 is 103 Å². The average Bonchev–Trinajstić information content (AvgIpc) is 1.61. The van der Waals surface area contributed by atoms with E-state index in [4.69, 9.17) is 0 Å². The molecule has 0 aliphatic rings. The Kier molecular flexibility index (Phi) is 19.1. The van der Waals surface area contributed by atoms with E-state index in [1.165, 1.54) is 0 Å². The van der Waals surface area contributed by atoms with Crippen molar-refractivity contribution in [3.63, 3.8) is 0 Å². The summed E-state index contributed by atoms with van der Waals surface area (Å²) in [4.78, 5) is 32.3. The van der Waals surface area contributed by atoms with E-state index in [1.54, 1.807) is 0 Å². The van der Waals surface area contributed by atoms with Crippen molar-refractivity contribution in [3.8, 4) is 0 Å². The first-order chi connectivity index (χ1) is 4.39. The molecule has 0 aromatic rings. The molecule has 0 rings (SSSR count). The van der Waals surface area contributed by atoms with Crippen molar-refractivity contribution in [2.75, 3.05) is 12.3 Å². The Bertz CT molecular complexity index is 141. The van der Waals surface area contributed by atoms with Gasteiger partial charge < -0.3 is 0 Å². The van der Waals surface area contributed by atoms with Crippen LogP contribution in [0.2, 0.25) is 0 Å². The Morgan fingerprint density at radius 1 is 0.846 bits per heavy atom. The van der Waals surface area contributed by atoms with Crippen molar-refractivity contribution < 1.29 is 103 Å². The summed E-state index contributed by atoms with van der Waals surface area (Å²) in [5.74, 6) is 0. The van der Waals surface area contributed by atoms with Crippen LogP contribution in [0.5, 0.6) is 0 Å². The van der Waals surface area contributed by atoms with Gasteiger partial charge in [0.25, 0.3) is 0 Å². The molecule has 0 saturated heterocycles. The minimum absolute atomic E-state index is 0. The van der Waals surface area contributed by atoms with Gasteiger partial charge in [0.15, 0.2) is 0 Å². The Hall–Kier alpha value is 2.79. The molecule has 0 aliphatic carbocycles. The first-order valence-electron chi connectivity index (χ1n) is 2.81. The average molecular weight is 230 g/mol. The number of hydrogen-bond acceptors (Lipinski definition) is 3. The van der Waals surface area contributed by atoms with Crippen LogP contribution in [-0.4, -0.2) is 12.3 Å². The maximum atomic E-state index is 10.8. The van der Waals surface area contributed by atoms with Gasteiger partial charge in [0, 0.05) is 0 Å². The fraction of sp³-hybridized carbons (Fsp3) is 0.333. The molecule has 0 aromatic heterocycles. The van der Waals surface area contributed by atoms with E-state index in [-0.39, 0.29) is 88.7 Å². The van der Waals surface area contributed by atoms with Crippen molar-refractivity contribution in [3.05, 3.63) is 25.3 Å². The smallest absolute Gasteiger partial charge is 1.00 e. The summed E-state index contributed by atoms with van der Waals surface area (Å²) in [5.41, 5.74) is 0. The van der Waals surface area contributed by atoms with E-state index in [0.29, 0.717) is 0 Å². The van der Waals surface area contributed by atoms with Crippen molar-refractivity contribution >= 4 is 7.28 Å². The summed E-state index contributed by atoms with van der Waals surface area (Å²) in [6.45, 7) is 6.34. The largest absolute Gasteiger partial charge is 1.00 e. The second kappa shape index (κ2) is 9.98. The molecule has 13 heavy (non-hydrogen) atoms. The molecule has 0 unspecified atom stereocenters. The Morgan fingerprint density at radius 2 is 1.08 bits per heavy atom. The zero-order chi connectivity index (χ0) is 8.28. The van der Waals surface area contributed by atoms with Gasteiger partial charge in [-0.05, 0) is 0 Å². The molecule has 0 saturated carbocycles. The molecule has 7 heteroatoms. The van der Waals surface area contributed by atoms with Gasteiger partial charge in [0.05, 0.1) is 0 Å². The van der Waals surface area contributed by atoms with Crippen LogP contribution in [0.1, 0.15) is 0 Å². The third kappa shape index (κ3) is 14.8. The molecule has 60 valence electrons. The van der Waals surface area contributed by atoms with Gasteiger partial charge in [-0.2, -0.15) is 0 Å². The minimum atomic E-state index is -5.15. The predicted octanol–water partition coefficient (Wildman–Crippen LogP) is -10.3. The van der Waals surface area contributed by atoms with E-state index in [2.05, 4.69) is 13.2 Å². The van der Waals surface area contributed by atoms with E-state index >= 15 is 0 Å². The fourth-order valence-electron chi connectivity index (χ4n) is 0.573. The van der Waals surface area contributed by atoms with Crippen LogP contribution in [0.25, 0.3) is 0 Å². The van der Waals surface area contributed by atoms with Crippen LogP contribution in [0.3, 0.4) is 0 Å². The molecule has 0 N–H and O–H groups in total. The fourth-order valence-corrected chi connectivity index (χ4v) is 1.72. The van der Waals surface area contributed by atoms with E-state index in [0.717, 1.165) is 12.2 Å². The quantitative estimate of drug-likeness (QED) is 0.273. The Labute approximate surface area is 146 Å². The van der Waals surface area contributed by atoms with Gasteiger partial charge in [-0.1, -0.05) is 0 Å². The zero-order valence-electron chi connectivity index (χ0n) is 8.66. The van der Waals surface area contributed by atoms with Gasteiger partial charge in [-0.15, -0.1) is 0 Å². The predicted molar refractivity (Wildman–Crippen MR) is 37.0 cm³/mol. The van der Waals surface area contributed by atoms with Crippen LogP contribution in [-0.2, 0) is 0 Å². The molecular formula is C6H10Na3O3P. The summed E-state index contributed by atoms with van der Waals surface area (Å²) in [7, 11) is -5.15. The molecular weight excluding hydrogens is 220 g/mol. The van der Waals surface area contributed by atoms with Crippen molar-refractivity contribution in [1.29, 1.82) is 0 Å². The second-order valence-electron chi connectivity index (χ2n) is 2.16. The zero-order valence-corrected chi connectivity index (χ0v) is 15.5. The molecule has 0 radical (unpaired) electrons. The molecule has 0 heterocycles. The van der Waals surface area contributed by atoms with Gasteiger partial charge in [-0.25, -0.2) is 0 Å². The summed E-state index contributed by atoms with van der Waals surface area (Å²) in [6.07, 6.45) is 1.18. The number of rotatable bonds is 4. The van der Waals surface area contributed by atoms with Gasteiger partial charge in [-0.3, -0.25) is 0 Å². The second-order valence-corrected chi connectivity index (χ2v) is 5.34. The summed E-state index contributed by atoms with van der Waals surface area (Å²) in [6, 6.07) is 0. The van der Waals surface area contributed by atoms with E-state index in [9.17, 15) is 14.7 Å². The molecule has 0 amide bonds. The maximum Gasteiger partial charge on any atom is 1.00 e. The van der Waals surface area contributed by atoms with E-state index in [1.807, 2.05) is 0 Å². The third-order valence-electron chi connectivity index (χ3n) is 0.964. The summed E-state index contributed by atoms with van der Waals surface area (Å²) in [5, 5.41) is 0. The molecule has 0 aliphatic heterocycles. The monoisotopic (exact) mass is 230 g/mol. The standard InChI is InChI=1S/C6H10O3P.3Na/c1-3-5-10(7,8,9)6-4-2;;;/h3-4H,1-2,5-6H2;;;/q-3;3*+1. The minimum Gasteiger partial charge on any atom is 1.00 e. The van der Waals surface area contributed by atoms with Crippen LogP contribution in [0.4, 0.5) is 0 Å². The molecule has 3 nitrogen and oxygen atoms in total. The van der Waals surface area contributed by atoms with E-state index < -0.39 is 19.6 Å². The Morgan fingerprint density at radius 3 is 1.23 bits per heavy atom. The van der Waals surface area contributed by atoms with Gasteiger partial charge >= 0.3 is 148 Å². The van der Waals surface area contributed by atoms with Crippen molar-refractivity contribution in [2.24, 2.45) is 0 Å². The first-order valence-corrected chi connectivity index (χ1v) is 5.17. The maximum absolute atomic E-state index is 10.8. The SMILES string of the molecule is C=CCP([O-])([O-])([O-])CC=C.[Na+].[Na+].[Na+]. The van der Waals surface area contributed by atoms with Gasteiger partial charge in [0.1, 0.15) is 0 Å². The Balaban J connectivity index is -0.000000135.